The van der Waals surface area contributed by atoms with Gasteiger partial charge in [0, 0.05) is 5.56 Å². The van der Waals surface area contributed by atoms with Crippen LogP contribution in [-0.2, 0) is 4.74 Å². The van der Waals surface area contributed by atoms with Gasteiger partial charge in [-0.1, -0.05) is 6.07 Å². The quantitative estimate of drug-likeness (QED) is 0.664. The standard InChI is InChI=1S/C16H14N2O4S/c1-10(21-16(19)13-4-3-9-23-13)14-17-18-15(22-14)11-5-7-12(20-2)8-6-11/h3-10H,1-2H3/t10-/m1/s1. The highest BCUT2D eigenvalue weighted by atomic mass is 32.1. The number of hydrogen-bond donors (Lipinski definition) is 0. The molecule has 7 heteroatoms. The van der Waals surface area contributed by atoms with Crippen LogP contribution in [0.5, 0.6) is 5.75 Å². The third kappa shape index (κ3) is 3.40. The van der Waals surface area contributed by atoms with Crippen molar-refractivity contribution in [2.24, 2.45) is 0 Å². The van der Waals surface area contributed by atoms with Gasteiger partial charge in [-0.3, -0.25) is 0 Å². The van der Waals surface area contributed by atoms with Gasteiger partial charge in [0.15, 0.2) is 6.10 Å². The summed E-state index contributed by atoms with van der Waals surface area (Å²) in [6, 6.07) is 10.7. The normalized spacial score (nSPS) is 11.9. The molecule has 23 heavy (non-hydrogen) atoms. The Morgan fingerprint density at radius 2 is 2.00 bits per heavy atom. The number of thiophene rings is 1. The fourth-order valence-electron chi connectivity index (χ4n) is 1.91. The molecule has 2 heterocycles. The molecule has 3 rings (SSSR count). The van der Waals surface area contributed by atoms with E-state index in [0.29, 0.717) is 10.8 Å². The van der Waals surface area contributed by atoms with Gasteiger partial charge in [-0.15, -0.1) is 21.5 Å². The molecule has 0 saturated carbocycles. The first-order chi connectivity index (χ1) is 11.2. The predicted molar refractivity (Wildman–Crippen MR) is 84.4 cm³/mol. The fraction of sp³-hybridized carbons (Fsp3) is 0.188. The molecule has 0 fully saturated rings. The van der Waals surface area contributed by atoms with Gasteiger partial charge in [0.05, 0.1) is 7.11 Å². The number of methoxy groups -OCH3 is 1. The van der Waals surface area contributed by atoms with E-state index < -0.39 is 12.1 Å². The van der Waals surface area contributed by atoms with E-state index in [1.54, 1.807) is 38.3 Å². The summed E-state index contributed by atoms with van der Waals surface area (Å²) < 4.78 is 16.0. The molecule has 0 saturated heterocycles. The summed E-state index contributed by atoms with van der Waals surface area (Å²) in [5.41, 5.74) is 0.765. The molecule has 0 spiro atoms. The highest BCUT2D eigenvalue weighted by Gasteiger charge is 2.20. The third-order valence-corrected chi connectivity index (χ3v) is 3.98. The molecule has 0 aliphatic heterocycles. The Balaban J connectivity index is 1.71. The summed E-state index contributed by atoms with van der Waals surface area (Å²) in [7, 11) is 1.60. The van der Waals surface area contributed by atoms with Crippen molar-refractivity contribution in [1.29, 1.82) is 0 Å². The van der Waals surface area contributed by atoms with Crippen molar-refractivity contribution < 1.29 is 18.7 Å². The van der Waals surface area contributed by atoms with Gasteiger partial charge in [0.1, 0.15) is 10.6 Å². The van der Waals surface area contributed by atoms with Crippen LogP contribution in [0, 0.1) is 0 Å². The van der Waals surface area contributed by atoms with Crippen LogP contribution in [0.15, 0.2) is 46.2 Å². The van der Waals surface area contributed by atoms with E-state index in [1.165, 1.54) is 11.3 Å². The SMILES string of the molecule is COc1ccc(-c2nnc([C@@H](C)OC(=O)c3cccs3)o2)cc1. The maximum Gasteiger partial charge on any atom is 0.349 e. The van der Waals surface area contributed by atoms with Crippen molar-refractivity contribution in [3.8, 4) is 17.2 Å². The number of nitrogens with zero attached hydrogens (tertiary/aromatic N) is 2. The average molecular weight is 330 g/mol. The molecule has 3 aromatic rings. The molecular formula is C16H14N2O4S. The van der Waals surface area contributed by atoms with Gasteiger partial charge < -0.3 is 13.9 Å². The van der Waals surface area contributed by atoms with Crippen LogP contribution < -0.4 is 4.74 Å². The highest BCUT2D eigenvalue weighted by Crippen LogP contribution is 2.25. The van der Waals surface area contributed by atoms with E-state index in [1.807, 2.05) is 17.5 Å². The first-order valence-corrected chi connectivity index (χ1v) is 7.77. The van der Waals surface area contributed by atoms with E-state index in [9.17, 15) is 4.79 Å². The van der Waals surface area contributed by atoms with Gasteiger partial charge in [0.25, 0.3) is 5.89 Å². The molecule has 0 amide bonds. The number of rotatable bonds is 5. The number of benzene rings is 1. The summed E-state index contributed by atoms with van der Waals surface area (Å²) >= 11 is 1.32. The summed E-state index contributed by atoms with van der Waals surface area (Å²) in [4.78, 5) is 12.5. The van der Waals surface area contributed by atoms with Gasteiger partial charge in [-0.2, -0.15) is 0 Å². The van der Waals surface area contributed by atoms with Crippen LogP contribution >= 0.6 is 11.3 Å². The van der Waals surface area contributed by atoms with Crippen molar-refractivity contribution in [3.05, 3.63) is 52.5 Å². The van der Waals surface area contributed by atoms with Crippen molar-refractivity contribution in [3.63, 3.8) is 0 Å². The Hall–Kier alpha value is -2.67. The Morgan fingerprint density at radius 1 is 1.22 bits per heavy atom. The molecule has 0 aliphatic rings. The first kappa shape index (κ1) is 15.2. The molecule has 1 atom stereocenters. The molecular weight excluding hydrogens is 316 g/mol. The van der Waals surface area contributed by atoms with Gasteiger partial charge in [0.2, 0.25) is 5.89 Å². The minimum Gasteiger partial charge on any atom is -0.497 e. The Kier molecular flexibility index (Phi) is 4.38. The van der Waals surface area contributed by atoms with Crippen molar-refractivity contribution in [2.45, 2.75) is 13.0 Å². The molecule has 0 aliphatic carbocycles. The lowest BCUT2D eigenvalue weighted by Gasteiger charge is -2.07. The van der Waals surface area contributed by atoms with Crippen LogP contribution in [0.1, 0.15) is 28.6 Å². The van der Waals surface area contributed by atoms with Crippen molar-refractivity contribution >= 4 is 17.3 Å². The molecule has 1 aromatic carbocycles. The zero-order chi connectivity index (χ0) is 16.2. The lowest BCUT2D eigenvalue weighted by Crippen LogP contribution is -2.08. The van der Waals surface area contributed by atoms with Gasteiger partial charge >= 0.3 is 5.97 Å². The molecule has 0 bridgehead atoms. The van der Waals surface area contributed by atoms with E-state index in [2.05, 4.69) is 10.2 Å². The lowest BCUT2D eigenvalue weighted by molar-refractivity contribution is 0.0285. The second kappa shape index (κ2) is 6.62. The number of esters is 1. The Labute approximate surface area is 136 Å². The zero-order valence-electron chi connectivity index (χ0n) is 12.6. The summed E-state index contributed by atoms with van der Waals surface area (Å²) in [6.07, 6.45) is -0.621. The van der Waals surface area contributed by atoms with E-state index in [-0.39, 0.29) is 5.89 Å². The van der Waals surface area contributed by atoms with Crippen LogP contribution in [-0.4, -0.2) is 23.3 Å². The van der Waals surface area contributed by atoms with Crippen LogP contribution in [0.4, 0.5) is 0 Å². The Bertz CT molecular complexity index is 781. The van der Waals surface area contributed by atoms with Gasteiger partial charge in [-0.25, -0.2) is 4.79 Å². The number of ether oxygens (including phenoxy) is 2. The highest BCUT2D eigenvalue weighted by molar-refractivity contribution is 7.11. The monoisotopic (exact) mass is 330 g/mol. The first-order valence-electron chi connectivity index (χ1n) is 6.89. The predicted octanol–water partition coefficient (Wildman–Crippen LogP) is 3.72. The van der Waals surface area contributed by atoms with Crippen LogP contribution in [0.25, 0.3) is 11.5 Å². The van der Waals surface area contributed by atoms with E-state index in [0.717, 1.165) is 11.3 Å². The molecule has 118 valence electrons. The van der Waals surface area contributed by atoms with E-state index >= 15 is 0 Å². The maximum atomic E-state index is 11.9. The fourth-order valence-corrected chi connectivity index (χ4v) is 2.52. The minimum absolute atomic E-state index is 0.251. The molecule has 0 radical (unpaired) electrons. The van der Waals surface area contributed by atoms with Gasteiger partial charge in [-0.05, 0) is 42.6 Å². The summed E-state index contributed by atoms with van der Waals surface area (Å²) in [6.45, 7) is 1.69. The third-order valence-electron chi connectivity index (χ3n) is 3.13. The van der Waals surface area contributed by atoms with Crippen molar-refractivity contribution in [1.82, 2.24) is 10.2 Å². The number of carbonyl (C=O) groups excluding carboxylic acids is 1. The number of aromatic nitrogens is 2. The van der Waals surface area contributed by atoms with Crippen LogP contribution in [0.3, 0.4) is 0 Å². The molecule has 6 nitrogen and oxygen atoms in total. The molecule has 2 aromatic heterocycles. The molecule has 0 unspecified atom stereocenters. The molecule has 0 N–H and O–H groups in total. The van der Waals surface area contributed by atoms with Crippen molar-refractivity contribution in [2.75, 3.05) is 7.11 Å². The topological polar surface area (TPSA) is 74.5 Å². The smallest absolute Gasteiger partial charge is 0.349 e. The minimum atomic E-state index is -0.621. The largest absolute Gasteiger partial charge is 0.497 e. The Morgan fingerprint density at radius 3 is 2.65 bits per heavy atom. The van der Waals surface area contributed by atoms with E-state index in [4.69, 9.17) is 13.9 Å². The summed E-state index contributed by atoms with van der Waals surface area (Å²) in [5, 5.41) is 9.75. The average Bonchev–Trinajstić information content (AvgIpc) is 3.26. The lowest BCUT2D eigenvalue weighted by atomic mass is 10.2. The maximum absolute atomic E-state index is 11.9. The second-order valence-electron chi connectivity index (χ2n) is 4.70. The zero-order valence-corrected chi connectivity index (χ0v) is 13.4. The van der Waals surface area contributed by atoms with Crippen LogP contribution in [0.2, 0.25) is 0 Å². The summed E-state index contributed by atoms with van der Waals surface area (Å²) in [5.74, 6) is 0.950. The number of hydrogen-bond acceptors (Lipinski definition) is 7. The number of carbonyl (C=O) groups is 1. The second-order valence-corrected chi connectivity index (χ2v) is 5.65.